The van der Waals surface area contributed by atoms with E-state index in [0.717, 1.165) is 60.9 Å². The molecule has 0 aliphatic carbocycles. The summed E-state index contributed by atoms with van der Waals surface area (Å²) in [5.74, 6) is 0. The first kappa shape index (κ1) is 27.4. The van der Waals surface area contributed by atoms with Crippen molar-refractivity contribution in [2.45, 2.75) is 0 Å². The Morgan fingerprint density at radius 3 is 1.31 bits per heavy atom. The molecule has 7 aromatic carbocycles. The lowest BCUT2D eigenvalue weighted by molar-refractivity contribution is 1.17. The maximum Gasteiger partial charge on any atom is 0.102 e. The van der Waals surface area contributed by atoms with Gasteiger partial charge in [0.2, 0.25) is 0 Å². The highest BCUT2D eigenvalue weighted by Gasteiger charge is 2.21. The third kappa shape index (κ3) is 4.01. The SMILES string of the molecule is N#Cc1ccc(-n2c3ccccc3c3ccccc32)c(C#N)c1-c1ccc(-c2ccccc2-n2c3ccccc3c3ccccc32)cc1. The van der Waals surface area contributed by atoms with Crippen molar-refractivity contribution >= 4 is 43.6 Å². The van der Waals surface area contributed by atoms with E-state index in [1.54, 1.807) is 0 Å². The van der Waals surface area contributed by atoms with Crippen LogP contribution >= 0.6 is 0 Å². The van der Waals surface area contributed by atoms with Crippen molar-refractivity contribution in [3.8, 4) is 45.8 Å². The Bertz CT molecular complexity index is 2690. The number of hydrogen-bond acceptors (Lipinski definition) is 2. The topological polar surface area (TPSA) is 57.4 Å². The summed E-state index contributed by atoms with van der Waals surface area (Å²) in [5, 5.41) is 25.6. The van der Waals surface area contributed by atoms with E-state index in [4.69, 9.17) is 0 Å². The van der Waals surface area contributed by atoms with Gasteiger partial charge >= 0.3 is 0 Å². The Morgan fingerprint density at radius 2 is 0.812 bits per heavy atom. The van der Waals surface area contributed by atoms with Gasteiger partial charge in [-0.3, -0.25) is 0 Å². The average Bonchev–Trinajstić information content (AvgIpc) is 3.67. The van der Waals surface area contributed by atoms with Gasteiger partial charge in [0.15, 0.2) is 0 Å². The highest BCUT2D eigenvalue weighted by molar-refractivity contribution is 6.10. The first-order valence-corrected chi connectivity index (χ1v) is 15.9. The Balaban J connectivity index is 1.22. The van der Waals surface area contributed by atoms with Crippen molar-refractivity contribution in [1.82, 2.24) is 9.13 Å². The minimum atomic E-state index is 0.467. The molecule has 0 fully saturated rings. The van der Waals surface area contributed by atoms with Crippen molar-refractivity contribution < 1.29 is 0 Å². The van der Waals surface area contributed by atoms with Crippen molar-refractivity contribution in [1.29, 1.82) is 10.5 Å². The zero-order chi connectivity index (χ0) is 32.2. The third-order valence-electron chi connectivity index (χ3n) is 9.45. The number of benzene rings is 7. The van der Waals surface area contributed by atoms with Crippen LogP contribution in [0.25, 0.3) is 77.2 Å². The summed E-state index contributed by atoms with van der Waals surface area (Å²) in [7, 11) is 0. The van der Waals surface area contributed by atoms with Crippen LogP contribution in [0.3, 0.4) is 0 Å². The number of nitrogens with zero attached hydrogens (tertiary/aromatic N) is 4. The maximum absolute atomic E-state index is 10.7. The second kappa shape index (κ2) is 10.9. The lowest BCUT2D eigenvalue weighted by Gasteiger charge is -2.16. The van der Waals surface area contributed by atoms with Crippen molar-refractivity contribution in [2.24, 2.45) is 0 Å². The fourth-order valence-corrected chi connectivity index (χ4v) is 7.38. The van der Waals surface area contributed by atoms with E-state index < -0.39 is 0 Å². The van der Waals surface area contributed by atoms with Crippen LogP contribution in [0.5, 0.6) is 0 Å². The fraction of sp³-hybridized carbons (Fsp3) is 0. The van der Waals surface area contributed by atoms with Gasteiger partial charge in [-0.25, -0.2) is 0 Å². The Labute approximate surface area is 277 Å². The predicted molar refractivity (Wildman–Crippen MR) is 195 cm³/mol. The summed E-state index contributed by atoms with van der Waals surface area (Å²) in [6.07, 6.45) is 0. The van der Waals surface area contributed by atoms with E-state index >= 15 is 0 Å². The van der Waals surface area contributed by atoms with Crippen LogP contribution in [0.2, 0.25) is 0 Å². The minimum absolute atomic E-state index is 0.467. The molecule has 48 heavy (non-hydrogen) atoms. The molecule has 0 atom stereocenters. The zero-order valence-electron chi connectivity index (χ0n) is 25.8. The quantitative estimate of drug-likeness (QED) is 0.199. The summed E-state index contributed by atoms with van der Waals surface area (Å²) in [5.41, 5.74) is 10.7. The highest BCUT2D eigenvalue weighted by Crippen LogP contribution is 2.39. The Morgan fingerprint density at radius 1 is 0.375 bits per heavy atom. The fourth-order valence-electron chi connectivity index (χ4n) is 7.38. The molecular formula is C44H26N4. The van der Waals surface area contributed by atoms with Gasteiger partial charge in [-0.15, -0.1) is 0 Å². The molecule has 222 valence electrons. The summed E-state index contributed by atoms with van der Waals surface area (Å²) in [6.45, 7) is 0. The van der Waals surface area contributed by atoms with Gasteiger partial charge in [-0.05, 0) is 53.6 Å². The maximum atomic E-state index is 10.7. The monoisotopic (exact) mass is 610 g/mol. The van der Waals surface area contributed by atoms with Crippen molar-refractivity contribution in [3.63, 3.8) is 0 Å². The van der Waals surface area contributed by atoms with E-state index in [-0.39, 0.29) is 0 Å². The molecule has 2 aromatic heterocycles. The molecular weight excluding hydrogens is 585 g/mol. The standard InChI is InChI=1S/C44H26N4/c45-27-31-25-26-43(48-41-19-9-4-14-35(41)36-15-5-10-20-42(36)48)37(28-46)44(31)30-23-21-29(22-24-30)32-11-1-6-16-38(32)47-39-17-7-2-12-33(39)34-13-3-8-18-40(34)47/h1-26H. The van der Waals surface area contributed by atoms with Crippen molar-refractivity contribution in [3.05, 3.63) is 169 Å². The summed E-state index contributed by atoms with van der Waals surface area (Å²) < 4.78 is 4.48. The molecule has 0 radical (unpaired) electrons. The van der Waals surface area contributed by atoms with Gasteiger partial charge in [-0.2, -0.15) is 10.5 Å². The van der Waals surface area contributed by atoms with E-state index in [2.05, 4.69) is 130 Å². The van der Waals surface area contributed by atoms with E-state index in [1.165, 1.54) is 10.8 Å². The molecule has 0 saturated carbocycles. The van der Waals surface area contributed by atoms with Crippen LogP contribution in [-0.4, -0.2) is 9.13 Å². The van der Waals surface area contributed by atoms with Gasteiger partial charge in [-0.1, -0.05) is 115 Å². The Kier molecular flexibility index (Phi) is 6.22. The van der Waals surface area contributed by atoms with E-state index in [0.29, 0.717) is 16.7 Å². The molecule has 4 heteroatoms. The van der Waals surface area contributed by atoms with Crippen LogP contribution in [-0.2, 0) is 0 Å². The van der Waals surface area contributed by atoms with Crippen LogP contribution in [0, 0.1) is 22.7 Å². The number of hydrogen-bond donors (Lipinski definition) is 0. The molecule has 2 heterocycles. The molecule has 9 aromatic rings. The molecule has 0 aliphatic heterocycles. The molecule has 0 N–H and O–H groups in total. The first-order chi connectivity index (χ1) is 23.8. The molecule has 0 saturated heterocycles. The summed E-state index contributed by atoms with van der Waals surface area (Å²) in [6, 6.07) is 58.8. The summed E-state index contributed by atoms with van der Waals surface area (Å²) in [4.78, 5) is 0. The predicted octanol–water partition coefficient (Wildman–Crippen LogP) is 11.0. The van der Waals surface area contributed by atoms with E-state index in [1.807, 2.05) is 48.5 Å². The zero-order valence-corrected chi connectivity index (χ0v) is 25.8. The first-order valence-electron chi connectivity index (χ1n) is 15.9. The number of fused-ring (bicyclic) bond motifs is 6. The molecule has 0 spiro atoms. The van der Waals surface area contributed by atoms with Gasteiger partial charge in [0, 0.05) is 32.7 Å². The van der Waals surface area contributed by atoms with Gasteiger partial charge in [0.25, 0.3) is 0 Å². The normalized spacial score (nSPS) is 11.3. The molecule has 0 aliphatic rings. The lowest BCUT2D eigenvalue weighted by Crippen LogP contribution is -2.01. The molecule has 0 unspecified atom stereocenters. The van der Waals surface area contributed by atoms with E-state index in [9.17, 15) is 10.5 Å². The van der Waals surface area contributed by atoms with Crippen LogP contribution in [0.1, 0.15) is 11.1 Å². The van der Waals surface area contributed by atoms with Gasteiger partial charge in [0.1, 0.15) is 6.07 Å². The number of nitriles is 2. The highest BCUT2D eigenvalue weighted by atomic mass is 15.0. The number of aromatic nitrogens is 2. The average molecular weight is 611 g/mol. The smallest absolute Gasteiger partial charge is 0.102 e. The molecule has 9 rings (SSSR count). The number of rotatable bonds is 4. The lowest BCUT2D eigenvalue weighted by atomic mass is 9.92. The molecule has 4 nitrogen and oxygen atoms in total. The van der Waals surface area contributed by atoms with Crippen molar-refractivity contribution in [2.75, 3.05) is 0 Å². The van der Waals surface area contributed by atoms with Gasteiger partial charge in [0.05, 0.1) is 50.6 Å². The minimum Gasteiger partial charge on any atom is -0.309 e. The largest absolute Gasteiger partial charge is 0.309 e. The van der Waals surface area contributed by atoms with Crippen LogP contribution in [0.4, 0.5) is 0 Å². The summed E-state index contributed by atoms with van der Waals surface area (Å²) >= 11 is 0. The van der Waals surface area contributed by atoms with Gasteiger partial charge < -0.3 is 9.13 Å². The number of para-hydroxylation sites is 5. The second-order valence-corrected chi connectivity index (χ2v) is 11.9. The molecule has 0 amide bonds. The molecule has 0 bridgehead atoms. The Hall–Kier alpha value is -6.88. The second-order valence-electron chi connectivity index (χ2n) is 11.9. The van der Waals surface area contributed by atoms with Crippen LogP contribution in [0.15, 0.2) is 158 Å². The third-order valence-corrected chi connectivity index (χ3v) is 9.45. The van der Waals surface area contributed by atoms with Crippen LogP contribution < -0.4 is 0 Å².